The molecule has 20 heavy (non-hydrogen) atoms. The highest BCUT2D eigenvalue weighted by atomic mass is 35.5. The van der Waals surface area contributed by atoms with Crippen LogP contribution in [-0.2, 0) is 4.79 Å². The molecule has 0 aliphatic heterocycles. The Morgan fingerprint density at radius 2 is 1.85 bits per heavy atom. The number of hydrogen-bond donors (Lipinski definition) is 1. The maximum atomic E-state index is 12.1. The van der Waals surface area contributed by atoms with Crippen LogP contribution in [0.25, 0.3) is 0 Å². The van der Waals surface area contributed by atoms with Gasteiger partial charge in [-0.1, -0.05) is 48.5 Å². The summed E-state index contributed by atoms with van der Waals surface area (Å²) in [4.78, 5) is 14.2. The van der Waals surface area contributed by atoms with E-state index in [0.29, 0.717) is 28.3 Å². The van der Waals surface area contributed by atoms with Crippen molar-refractivity contribution in [3.05, 3.63) is 28.2 Å². The zero-order valence-electron chi connectivity index (χ0n) is 11.7. The lowest BCUT2D eigenvalue weighted by Gasteiger charge is -2.30. The van der Waals surface area contributed by atoms with Gasteiger partial charge in [-0.25, -0.2) is 0 Å². The first-order valence-electron chi connectivity index (χ1n) is 7.02. The molecule has 0 heterocycles. The highest BCUT2D eigenvalue weighted by Gasteiger charge is 2.20. The monoisotopic (exact) mass is 314 g/mol. The van der Waals surface area contributed by atoms with E-state index in [4.69, 9.17) is 23.2 Å². The topological polar surface area (TPSA) is 32.3 Å². The number of carbonyl (C=O) groups excluding carboxylic acids is 1. The van der Waals surface area contributed by atoms with Crippen LogP contribution in [0.1, 0.15) is 32.1 Å². The number of benzene rings is 1. The van der Waals surface area contributed by atoms with Gasteiger partial charge in [0.15, 0.2) is 0 Å². The summed E-state index contributed by atoms with van der Waals surface area (Å²) in [6.45, 7) is 0.367. The molecule has 0 spiro atoms. The van der Waals surface area contributed by atoms with Gasteiger partial charge in [-0.2, -0.15) is 0 Å². The number of amides is 1. The minimum Gasteiger partial charge on any atom is -0.322 e. The number of nitrogens with one attached hydrogen (secondary N) is 1. The van der Waals surface area contributed by atoms with Crippen LogP contribution < -0.4 is 5.32 Å². The molecule has 1 N–H and O–H groups in total. The zero-order chi connectivity index (χ0) is 14.5. The van der Waals surface area contributed by atoms with E-state index < -0.39 is 0 Å². The molecule has 0 aromatic heterocycles. The fourth-order valence-corrected chi connectivity index (χ4v) is 3.17. The van der Waals surface area contributed by atoms with Crippen molar-refractivity contribution in [2.24, 2.45) is 0 Å². The van der Waals surface area contributed by atoms with Crippen molar-refractivity contribution < 1.29 is 4.79 Å². The molecule has 2 rings (SSSR count). The standard InChI is InChI=1S/C15H20Cl2N2O/c1-19(11-6-3-2-4-7-11)10-14(20)18-15-12(16)8-5-9-13(15)17/h5,8-9,11H,2-4,6-7,10H2,1H3,(H,18,20). The van der Waals surface area contributed by atoms with E-state index in [0.717, 1.165) is 0 Å². The quantitative estimate of drug-likeness (QED) is 0.903. The molecule has 0 saturated heterocycles. The first-order chi connectivity index (χ1) is 9.58. The molecule has 1 aliphatic carbocycles. The highest BCUT2D eigenvalue weighted by molar-refractivity contribution is 6.39. The van der Waals surface area contributed by atoms with E-state index in [1.165, 1.54) is 32.1 Å². The van der Waals surface area contributed by atoms with Gasteiger partial charge in [-0.3, -0.25) is 9.69 Å². The van der Waals surface area contributed by atoms with E-state index in [9.17, 15) is 4.79 Å². The van der Waals surface area contributed by atoms with Gasteiger partial charge in [-0.05, 0) is 32.0 Å². The summed E-state index contributed by atoms with van der Waals surface area (Å²) in [5, 5.41) is 3.73. The van der Waals surface area contributed by atoms with E-state index in [2.05, 4.69) is 10.2 Å². The number of nitrogens with zero attached hydrogens (tertiary/aromatic N) is 1. The Kier molecular flexibility index (Phi) is 5.70. The maximum Gasteiger partial charge on any atom is 0.238 e. The second kappa shape index (κ2) is 7.30. The summed E-state index contributed by atoms with van der Waals surface area (Å²) in [6, 6.07) is 5.70. The second-order valence-electron chi connectivity index (χ2n) is 5.35. The Morgan fingerprint density at radius 1 is 1.25 bits per heavy atom. The lowest BCUT2D eigenvalue weighted by molar-refractivity contribution is -0.117. The number of para-hydroxylation sites is 1. The molecule has 0 unspecified atom stereocenters. The van der Waals surface area contributed by atoms with E-state index in [1.54, 1.807) is 18.2 Å². The van der Waals surface area contributed by atoms with Crippen molar-refractivity contribution in [1.82, 2.24) is 4.90 Å². The van der Waals surface area contributed by atoms with Gasteiger partial charge in [0.2, 0.25) is 5.91 Å². The number of carbonyl (C=O) groups is 1. The Morgan fingerprint density at radius 3 is 2.45 bits per heavy atom. The minimum atomic E-state index is -0.0759. The normalized spacial score (nSPS) is 16.4. The van der Waals surface area contributed by atoms with Gasteiger partial charge in [0.25, 0.3) is 0 Å². The first kappa shape index (κ1) is 15.6. The molecule has 0 radical (unpaired) electrons. The van der Waals surface area contributed by atoms with Crippen LogP contribution in [0.5, 0.6) is 0 Å². The van der Waals surface area contributed by atoms with Crippen LogP contribution in [-0.4, -0.2) is 30.4 Å². The smallest absolute Gasteiger partial charge is 0.238 e. The zero-order valence-corrected chi connectivity index (χ0v) is 13.2. The lowest BCUT2D eigenvalue weighted by Crippen LogP contribution is -2.39. The average molecular weight is 315 g/mol. The third-order valence-corrected chi connectivity index (χ3v) is 4.45. The summed E-state index contributed by atoms with van der Waals surface area (Å²) >= 11 is 12.1. The highest BCUT2D eigenvalue weighted by Crippen LogP contribution is 2.29. The molecule has 1 amide bonds. The molecule has 1 aromatic rings. The van der Waals surface area contributed by atoms with Crippen molar-refractivity contribution in [2.75, 3.05) is 18.9 Å². The summed E-state index contributed by atoms with van der Waals surface area (Å²) < 4.78 is 0. The number of likely N-dealkylation sites (N-methyl/N-ethyl adjacent to an activating group) is 1. The summed E-state index contributed by atoms with van der Waals surface area (Å²) in [5.74, 6) is -0.0759. The Balaban J connectivity index is 1.91. The summed E-state index contributed by atoms with van der Waals surface area (Å²) in [5.41, 5.74) is 0.498. The fraction of sp³-hybridized carbons (Fsp3) is 0.533. The molecular weight excluding hydrogens is 295 g/mol. The van der Waals surface area contributed by atoms with Crippen LogP contribution in [0.15, 0.2) is 18.2 Å². The number of hydrogen-bond acceptors (Lipinski definition) is 2. The van der Waals surface area contributed by atoms with Gasteiger partial charge in [0.1, 0.15) is 0 Å². The fourth-order valence-electron chi connectivity index (χ4n) is 2.67. The lowest BCUT2D eigenvalue weighted by atomic mass is 9.94. The molecule has 1 saturated carbocycles. The van der Waals surface area contributed by atoms with E-state index in [-0.39, 0.29) is 5.91 Å². The van der Waals surface area contributed by atoms with Gasteiger partial charge in [0.05, 0.1) is 22.3 Å². The van der Waals surface area contributed by atoms with Gasteiger partial charge in [-0.15, -0.1) is 0 Å². The third-order valence-electron chi connectivity index (χ3n) is 3.82. The van der Waals surface area contributed by atoms with Crippen LogP contribution in [0, 0.1) is 0 Å². The second-order valence-corrected chi connectivity index (χ2v) is 6.17. The summed E-state index contributed by atoms with van der Waals surface area (Å²) in [7, 11) is 2.00. The van der Waals surface area contributed by atoms with Crippen LogP contribution in [0.3, 0.4) is 0 Å². The molecule has 3 nitrogen and oxygen atoms in total. The van der Waals surface area contributed by atoms with E-state index in [1.807, 2.05) is 7.05 Å². The molecule has 1 fully saturated rings. The largest absolute Gasteiger partial charge is 0.322 e. The van der Waals surface area contributed by atoms with Crippen molar-refractivity contribution >= 4 is 34.8 Å². The number of rotatable bonds is 4. The number of halogens is 2. The van der Waals surface area contributed by atoms with Gasteiger partial charge in [0, 0.05) is 6.04 Å². The maximum absolute atomic E-state index is 12.1. The molecule has 110 valence electrons. The molecular formula is C15H20Cl2N2O. The molecule has 1 aromatic carbocycles. The molecule has 0 atom stereocenters. The summed E-state index contributed by atoms with van der Waals surface area (Å²) in [6.07, 6.45) is 6.18. The van der Waals surface area contributed by atoms with Crippen molar-refractivity contribution in [1.29, 1.82) is 0 Å². The third kappa shape index (κ3) is 4.11. The molecule has 5 heteroatoms. The Hall–Kier alpha value is -0.770. The molecule has 0 bridgehead atoms. The Labute approximate surface area is 130 Å². The van der Waals surface area contributed by atoms with Crippen molar-refractivity contribution in [3.8, 4) is 0 Å². The SMILES string of the molecule is CN(CC(=O)Nc1c(Cl)cccc1Cl)C1CCCCC1. The van der Waals surface area contributed by atoms with Gasteiger partial charge >= 0.3 is 0 Å². The average Bonchev–Trinajstić information content (AvgIpc) is 2.44. The van der Waals surface area contributed by atoms with E-state index >= 15 is 0 Å². The molecule has 1 aliphatic rings. The van der Waals surface area contributed by atoms with Crippen molar-refractivity contribution in [3.63, 3.8) is 0 Å². The number of anilines is 1. The first-order valence-corrected chi connectivity index (χ1v) is 7.77. The van der Waals surface area contributed by atoms with Gasteiger partial charge < -0.3 is 5.32 Å². The predicted molar refractivity (Wildman–Crippen MR) is 84.6 cm³/mol. The van der Waals surface area contributed by atoms with Crippen LogP contribution in [0.4, 0.5) is 5.69 Å². The van der Waals surface area contributed by atoms with Crippen molar-refractivity contribution in [2.45, 2.75) is 38.1 Å². The van der Waals surface area contributed by atoms with Crippen LogP contribution >= 0.6 is 23.2 Å². The van der Waals surface area contributed by atoms with Crippen LogP contribution in [0.2, 0.25) is 10.0 Å². The Bertz CT molecular complexity index is 453. The predicted octanol–water partition coefficient (Wildman–Crippen LogP) is 4.20. The minimum absolute atomic E-state index is 0.0759.